The Morgan fingerprint density at radius 1 is 1.42 bits per heavy atom. The molecule has 7 nitrogen and oxygen atoms in total. The Hall–Kier alpha value is -2.96. The predicted molar refractivity (Wildman–Crippen MR) is 104 cm³/mol. The molecule has 0 fully saturated rings. The van der Waals surface area contributed by atoms with Gasteiger partial charge in [-0.15, -0.1) is 0 Å². The minimum Gasteiger partial charge on any atom is -0.384 e. The summed E-state index contributed by atoms with van der Waals surface area (Å²) >= 11 is 0. The molecule has 1 atom stereocenters. The first-order valence-electron chi connectivity index (χ1n) is 8.70. The monoisotopic (exact) mass is 354 g/mol. The normalized spacial score (nSPS) is 17.9. The number of carbonyl (C=O) groups is 1. The number of allylic oxidation sites excluding steroid dienone is 3. The van der Waals surface area contributed by atoms with Crippen molar-refractivity contribution in [2.24, 2.45) is 4.99 Å². The van der Waals surface area contributed by atoms with Crippen LogP contribution in [0.25, 0.3) is 0 Å². The molecule has 0 saturated carbocycles. The number of hydrogen-bond donors (Lipinski definition) is 3. The zero-order valence-electron chi connectivity index (χ0n) is 15.7. The molecular formula is C19H26N6O. The van der Waals surface area contributed by atoms with Gasteiger partial charge in [0.25, 0.3) is 0 Å². The van der Waals surface area contributed by atoms with Crippen molar-refractivity contribution in [2.75, 3.05) is 12.8 Å². The summed E-state index contributed by atoms with van der Waals surface area (Å²) in [5.41, 5.74) is 9.83. The number of nitrogen functional groups attached to an aromatic ring is 1. The highest BCUT2D eigenvalue weighted by Crippen LogP contribution is 2.17. The Kier molecular flexibility index (Phi) is 6.66. The molecule has 2 rings (SSSR count). The van der Waals surface area contributed by atoms with E-state index >= 15 is 0 Å². The zero-order valence-corrected chi connectivity index (χ0v) is 15.7. The average Bonchev–Trinajstić information content (AvgIpc) is 2.63. The van der Waals surface area contributed by atoms with Crippen LogP contribution in [0.15, 0.2) is 52.7 Å². The van der Waals surface area contributed by atoms with E-state index in [-0.39, 0.29) is 11.8 Å². The lowest BCUT2D eigenvalue weighted by molar-refractivity contribution is -0.119. The molecule has 0 bridgehead atoms. The van der Waals surface area contributed by atoms with E-state index in [0.717, 1.165) is 23.4 Å². The van der Waals surface area contributed by atoms with E-state index in [1.54, 1.807) is 13.1 Å². The van der Waals surface area contributed by atoms with Crippen LogP contribution in [0, 0.1) is 0 Å². The van der Waals surface area contributed by atoms with Crippen LogP contribution >= 0.6 is 0 Å². The molecule has 0 saturated heterocycles. The fourth-order valence-electron chi connectivity index (χ4n) is 2.65. The van der Waals surface area contributed by atoms with Crippen molar-refractivity contribution in [3.05, 3.63) is 53.4 Å². The molecule has 138 valence electrons. The minimum atomic E-state index is -0.273. The van der Waals surface area contributed by atoms with Gasteiger partial charge in [0.15, 0.2) is 5.78 Å². The van der Waals surface area contributed by atoms with E-state index in [2.05, 4.69) is 32.5 Å². The molecule has 2 heterocycles. The van der Waals surface area contributed by atoms with Crippen molar-refractivity contribution in [3.8, 4) is 0 Å². The number of rotatable bonds is 7. The van der Waals surface area contributed by atoms with Crippen LogP contribution in [0.2, 0.25) is 0 Å². The number of dihydropyridines is 1. The molecule has 26 heavy (non-hydrogen) atoms. The first-order chi connectivity index (χ1) is 12.5. The highest BCUT2D eigenvalue weighted by molar-refractivity contribution is 6.11. The minimum absolute atomic E-state index is 0.163. The molecule has 0 amide bonds. The van der Waals surface area contributed by atoms with Crippen molar-refractivity contribution >= 4 is 17.3 Å². The lowest BCUT2D eigenvalue weighted by Crippen LogP contribution is -2.36. The van der Waals surface area contributed by atoms with E-state index in [9.17, 15) is 4.79 Å². The fourth-order valence-corrected chi connectivity index (χ4v) is 2.65. The maximum Gasteiger partial charge on any atom is 0.158 e. The van der Waals surface area contributed by atoms with Crippen molar-refractivity contribution in [1.29, 1.82) is 0 Å². The number of nitrogens with two attached hydrogens (primary N) is 1. The third-order valence-electron chi connectivity index (χ3n) is 4.03. The van der Waals surface area contributed by atoms with Gasteiger partial charge in [-0.25, -0.2) is 9.97 Å². The fraction of sp³-hybridized carbons (Fsp3) is 0.368. The van der Waals surface area contributed by atoms with E-state index < -0.39 is 0 Å². The van der Waals surface area contributed by atoms with Gasteiger partial charge in [-0.3, -0.25) is 9.79 Å². The highest BCUT2D eigenvalue weighted by atomic mass is 16.1. The second kappa shape index (κ2) is 8.94. The summed E-state index contributed by atoms with van der Waals surface area (Å²) in [6, 6.07) is 1.42. The van der Waals surface area contributed by atoms with E-state index in [1.807, 2.05) is 32.2 Å². The molecule has 0 radical (unpaired) electrons. The van der Waals surface area contributed by atoms with Crippen molar-refractivity contribution < 1.29 is 4.79 Å². The first-order valence-corrected chi connectivity index (χ1v) is 8.70. The maximum absolute atomic E-state index is 11.9. The Labute approximate surface area is 154 Å². The molecule has 7 heteroatoms. The highest BCUT2D eigenvalue weighted by Gasteiger charge is 2.19. The lowest BCUT2D eigenvalue weighted by Gasteiger charge is -2.23. The number of ketones is 1. The summed E-state index contributed by atoms with van der Waals surface area (Å²) in [6.45, 7) is 5.89. The van der Waals surface area contributed by atoms with Gasteiger partial charge in [-0.1, -0.05) is 19.9 Å². The van der Waals surface area contributed by atoms with Gasteiger partial charge in [0.2, 0.25) is 0 Å². The SMILES string of the molecule is CC/C=C(/NC1=CNC(C(=O)CC)C=C1C)C(=NC)c1cc(N)ncn1. The second-order valence-electron chi connectivity index (χ2n) is 5.92. The standard InChI is InChI=1S/C19H26N6O/c1-5-7-13(19(21-4)15-9-18(20)24-11-23-15)25-16-10-22-14(8-12(16)3)17(26)6-2/h7-11,14,22,25H,5-6H2,1-4H3,(H2,20,23,24)/b13-7+,21-19?. The lowest BCUT2D eigenvalue weighted by atomic mass is 10.0. The van der Waals surface area contributed by atoms with Crippen LogP contribution in [0.5, 0.6) is 0 Å². The summed E-state index contributed by atoms with van der Waals surface area (Å²) in [6.07, 6.45) is 8.55. The van der Waals surface area contributed by atoms with Gasteiger partial charge in [-0.2, -0.15) is 0 Å². The molecule has 1 aliphatic heterocycles. The molecule has 1 aromatic heterocycles. The molecule has 0 aromatic carbocycles. The Morgan fingerprint density at radius 2 is 2.19 bits per heavy atom. The molecule has 1 aliphatic rings. The summed E-state index contributed by atoms with van der Waals surface area (Å²) in [5, 5.41) is 6.54. The van der Waals surface area contributed by atoms with Crippen LogP contribution < -0.4 is 16.4 Å². The number of Topliss-reactive ketones (excluding diaryl/α,β-unsaturated/α-hetero) is 1. The van der Waals surface area contributed by atoms with E-state index in [4.69, 9.17) is 5.73 Å². The van der Waals surface area contributed by atoms with Gasteiger partial charge in [0, 0.05) is 25.7 Å². The smallest absolute Gasteiger partial charge is 0.158 e. The largest absolute Gasteiger partial charge is 0.384 e. The summed E-state index contributed by atoms with van der Waals surface area (Å²) in [4.78, 5) is 24.5. The molecule has 4 N–H and O–H groups in total. The molecule has 0 spiro atoms. The van der Waals surface area contributed by atoms with Crippen molar-refractivity contribution in [1.82, 2.24) is 20.6 Å². The Balaban J connectivity index is 2.27. The maximum atomic E-state index is 11.9. The number of anilines is 1. The van der Waals surface area contributed by atoms with Gasteiger partial charge >= 0.3 is 0 Å². The third-order valence-corrected chi connectivity index (χ3v) is 4.03. The number of nitrogens with zero attached hydrogens (tertiary/aromatic N) is 3. The van der Waals surface area contributed by atoms with Crippen LogP contribution in [0.4, 0.5) is 5.82 Å². The average molecular weight is 354 g/mol. The number of aliphatic imine (C=N–C) groups is 1. The molecule has 0 aliphatic carbocycles. The van der Waals surface area contributed by atoms with Gasteiger partial charge < -0.3 is 16.4 Å². The Morgan fingerprint density at radius 3 is 2.77 bits per heavy atom. The van der Waals surface area contributed by atoms with Crippen LogP contribution in [0.1, 0.15) is 39.3 Å². The number of nitrogens with one attached hydrogen (secondary N) is 2. The molecule has 1 unspecified atom stereocenters. The number of hydrogen-bond acceptors (Lipinski definition) is 7. The number of carbonyl (C=O) groups excluding carboxylic acids is 1. The number of aromatic nitrogens is 2. The second-order valence-corrected chi connectivity index (χ2v) is 5.92. The predicted octanol–water partition coefficient (Wildman–Crippen LogP) is 2.10. The summed E-state index contributed by atoms with van der Waals surface area (Å²) in [7, 11) is 1.71. The van der Waals surface area contributed by atoms with Gasteiger partial charge in [0.1, 0.15) is 23.9 Å². The summed E-state index contributed by atoms with van der Waals surface area (Å²) < 4.78 is 0. The van der Waals surface area contributed by atoms with Gasteiger partial charge in [0.05, 0.1) is 17.1 Å². The quantitative estimate of drug-likeness (QED) is 0.648. The van der Waals surface area contributed by atoms with Crippen LogP contribution in [-0.4, -0.2) is 34.6 Å². The van der Waals surface area contributed by atoms with E-state index in [1.165, 1.54) is 6.33 Å². The Bertz CT molecular complexity index is 791. The van der Waals surface area contributed by atoms with Crippen molar-refractivity contribution in [2.45, 2.75) is 39.7 Å². The zero-order chi connectivity index (χ0) is 19.1. The third kappa shape index (κ3) is 4.56. The van der Waals surface area contributed by atoms with Crippen LogP contribution in [0.3, 0.4) is 0 Å². The van der Waals surface area contributed by atoms with Gasteiger partial charge in [-0.05, 0) is 25.0 Å². The molecular weight excluding hydrogens is 328 g/mol. The molecule has 1 aromatic rings. The topological polar surface area (TPSA) is 105 Å². The van der Waals surface area contributed by atoms with E-state index in [0.29, 0.717) is 23.6 Å². The first kappa shape index (κ1) is 19.4. The van der Waals surface area contributed by atoms with Crippen molar-refractivity contribution in [3.63, 3.8) is 0 Å². The summed E-state index contributed by atoms with van der Waals surface area (Å²) in [5.74, 6) is 0.554. The van der Waals surface area contributed by atoms with Crippen LogP contribution in [-0.2, 0) is 4.79 Å².